The fourth-order valence-corrected chi connectivity index (χ4v) is 2.90. The van der Waals surface area contributed by atoms with Crippen LogP contribution < -0.4 is 10.2 Å². The molecule has 1 atom stereocenters. The molecule has 0 radical (unpaired) electrons. The van der Waals surface area contributed by atoms with Crippen molar-refractivity contribution in [3.8, 4) is 6.07 Å². The highest BCUT2D eigenvalue weighted by Gasteiger charge is 2.24. The fraction of sp³-hybridized carbons (Fsp3) is 0.550. The largest absolute Gasteiger partial charge is 0.444 e. The van der Waals surface area contributed by atoms with Crippen LogP contribution in [0.3, 0.4) is 0 Å². The summed E-state index contributed by atoms with van der Waals surface area (Å²) < 4.78 is 5.35. The van der Waals surface area contributed by atoms with Crippen LogP contribution >= 0.6 is 0 Å². The number of alkyl carbamates (subject to hydrolysis) is 1. The van der Waals surface area contributed by atoms with Gasteiger partial charge in [-0.1, -0.05) is 0 Å². The summed E-state index contributed by atoms with van der Waals surface area (Å²) in [5.41, 5.74) is 1.64. The lowest BCUT2D eigenvalue weighted by atomic mass is 10.0. The van der Waals surface area contributed by atoms with E-state index in [0.29, 0.717) is 17.8 Å². The van der Waals surface area contributed by atoms with Gasteiger partial charge in [0.2, 0.25) is 0 Å². The summed E-state index contributed by atoms with van der Waals surface area (Å²) in [4.78, 5) is 20.4. The van der Waals surface area contributed by atoms with Crippen molar-refractivity contribution in [2.24, 2.45) is 4.99 Å². The van der Waals surface area contributed by atoms with Crippen LogP contribution in [0.5, 0.6) is 0 Å². The van der Waals surface area contributed by atoms with Crippen molar-refractivity contribution < 1.29 is 9.53 Å². The lowest BCUT2D eigenvalue weighted by molar-refractivity contribution is 0.0500. The molecule has 27 heavy (non-hydrogen) atoms. The van der Waals surface area contributed by atoms with E-state index in [0.717, 1.165) is 25.1 Å². The molecule has 0 spiro atoms. The summed E-state index contributed by atoms with van der Waals surface area (Å²) in [6, 6.07) is 7.93. The van der Waals surface area contributed by atoms with Gasteiger partial charge in [0.1, 0.15) is 11.7 Å². The molecule has 1 N–H and O–H groups in total. The number of nitrogens with zero attached hydrogens (tertiary/aromatic N) is 4. The lowest BCUT2D eigenvalue weighted by Gasteiger charge is -2.35. The number of piperidine rings is 1. The molecule has 0 aromatic heterocycles. The van der Waals surface area contributed by atoms with E-state index < -0.39 is 5.60 Å². The first-order valence-electron chi connectivity index (χ1n) is 9.17. The quantitative estimate of drug-likeness (QED) is 0.649. The van der Waals surface area contributed by atoms with E-state index in [9.17, 15) is 10.1 Å². The van der Waals surface area contributed by atoms with Crippen LogP contribution in [0.1, 0.15) is 39.2 Å². The minimum atomic E-state index is -0.511. The van der Waals surface area contributed by atoms with Gasteiger partial charge >= 0.3 is 6.09 Å². The Morgan fingerprint density at radius 2 is 2.19 bits per heavy atom. The predicted octanol–water partition coefficient (Wildman–Crippen LogP) is 3.27. The van der Waals surface area contributed by atoms with Crippen molar-refractivity contribution in [3.05, 3.63) is 23.8 Å². The van der Waals surface area contributed by atoms with E-state index in [4.69, 9.17) is 4.74 Å². The van der Waals surface area contributed by atoms with Crippen LogP contribution in [-0.4, -0.2) is 56.2 Å². The Labute approximate surface area is 161 Å². The SMILES string of the molecule is CN(C)C=Nc1ccc(N2CCC[C@H](NC(=O)OC(C)(C)C)C2)cc1C#N. The summed E-state index contributed by atoms with van der Waals surface area (Å²) in [7, 11) is 3.77. The van der Waals surface area contributed by atoms with Crippen molar-refractivity contribution in [2.45, 2.75) is 45.3 Å². The van der Waals surface area contributed by atoms with E-state index in [1.165, 1.54) is 0 Å². The van der Waals surface area contributed by atoms with Gasteiger partial charge in [-0.2, -0.15) is 5.26 Å². The van der Waals surface area contributed by atoms with Crippen LogP contribution in [0.25, 0.3) is 0 Å². The zero-order valence-electron chi connectivity index (χ0n) is 16.8. The van der Waals surface area contributed by atoms with Crippen molar-refractivity contribution >= 4 is 23.8 Å². The number of rotatable bonds is 4. The molecule has 1 saturated heterocycles. The van der Waals surface area contributed by atoms with Gasteiger partial charge in [-0.05, 0) is 51.8 Å². The average Bonchev–Trinajstić information content (AvgIpc) is 2.58. The van der Waals surface area contributed by atoms with Crippen LogP contribution in [0, 0.1) is 11.3 Å². The Hall–Kier alpha value is -2.75. The second-order valence-electron chi connectivity index (χ2n) is 7.95. The third-order valence-corrected chi connectivity index (χ3v) is 4.04. The molecule has 146 valence electrons. The van der Waals surface area contributed by atoms with E-state index in [1.54, 1.807) is 6.34 Å². The van der Waals surface area contributed by atoms with Gasteiger partial charge in [-0.25, -0.2) is 9.79 Å². The summed E-state index contributed by atoms with van der Waals surface area (Å²) in [6.07, 6.45) is 3.16. The Bertz CT molecular complexity index is 731. The van der Waals surface area contributed by atoms with Gasteiger partial charge in [0, 0.05) is 38.9 Å². The molecule has 1 fully saturated rings. The first-order valence-corrected chi connectivity index (χ1v) is 9.17. The molecule has 0 unspecified atom stereocenters. The zero-order chi connectivity index (χ0) is 20.0. The van der Waals surface area contributed by atoms with Crippen LogP contribution in [-0.2, 0) is 4.74 Å². The Morgan fingerprint density at radius 3 is 2.81 bits per heavy atom. The monoisotopic (exact) mass is 371 g/mol. The smallest absolute Gasteiger partial charge is 0.407 e. The number of hydrogen-bond donors (Lipinski definition) is 1. The third-order valence-electron chi connectivity index (χ3n) is 4.04. The molecule has 1 heterocycles. The molecule has 1 aromatic carbocycles. The standard InChI is InChI=1S/C20H29N5O2/c1-20(2,3)27-19(26)23-16-7-6-10-25(13-16)17-8-9-18(15(11-17)12-21)22-14-24(4)5/h8-9,11,14,16H,6-7,10,13H2,1-5H3,(H,23,26)/t16-/m0/s1. The minimum absolute atomic E-state index is 0.0191. The zero-order valence-corrected chi connectivity index (χ0v) is 16.8. The Morgan fingerprint density at radius 1 is 1.44 bits per heavy atom. The van der Waals surface area contributed by atoms with Gasteiger partial charge < -0.3 is 19.9 Å². The number of nitrogens with one attached hydrogen (secondary N) is 1. The number of anilines is 1. The van der Waals surface area contributed by atoms with E-state index in [1.807, 2.05) is 58.0 Å². The number of carbonyl (C=O) groups is 1. The summed E-state index contributed by atoms with van der Waals surface area (Å²) in [5.74, 6) is 0. The van der Waals surface area contributed by atoms with E-state index in [-0.39, 0.29) is 12.1 Å². The molecule has 1 amide bonds. The molecule has 0 bridgehead atoms. The number of aliphatic imine (C=N–C) groups is 1. The van der Waals surface area contributed by atoms with Gasteiger partial charge in [0.25, 0.3) is 0 Å². The molecule has 1 aliphatic heterocycles. The average molecular weight is 371 g/mol. The molecule has 7 heteroatoms. The maximum absolute atomic E-state index is 12.0. The summed E-state index contributed by atoms with van der Waals surface area (Å²) >= 11 is 0. The number of nitriles is 1. The van der Waals surface area contributed by atoms with Crippen LogP contribution in [0.15, 0.2) is 23.2 Å². The highest BCUT2D eigenvalue weighted by atomic mass is 16.6. The molecule has 0 aliphatic carbocycles. The van der Waals surface area contributed by atoms with Crippen molar-refractivity contribution in [3.63, 3.8) is 0 Å². The van der Waals surface area contributed by atoms with Crippen molar-refractivity contribution in [1.29, 1.82) is 5.26 Å². The van der Waals surface area contributed by atoms with Gasteiger partial charge in [-0.15, -0.1) is 0 Å². The maximum Gasteiger partial charge on any atom is 0.407 e. The molecular formula is C20H29N5O2. The van der Waals surface area contributed by atoms with Crippen LogP contribution in [0.2, 0.25) is 0 Å². The number of carbonyl (C=O) groups excluding carboxylic acids is 1. The second kappa shape index (κ2) is 8.76. The van der Waals surface area contributed by atoms with E-state index in [2.05, 4.69) is 21.3 Å². The first-order chi connectivity index (χ1) is 12.7. The number of hydrogen-bond acceptors (Lipinski definition) is 5. The van der Waals surface area contributed by atoms with Gasteiger partial charge in [0.15, 0.2) is 0 Å². The van der Waals surface area contributed by atoms with Crippen molar-refractivity contribution in [1.82, 2.24) is 10.2 Å². The number of amides is 1. The highest BCUT2D eigenvalue weighted by molar-refractivity contribution is 5.69. The second-order valence-corrected chi connectivity index (χ2v) is 7.95. The molecule has 0 saturated carbocycles. The topological polar surface area (TPSA) is 81.0 Å². The lowest BCUT2D eigenvalue weighted by Crippen LogP contribution is -2.49. The van der Waals surface area contributed by atoms with Crippen LogP contribution in [0.4, 0.5) is 16.2 Å². The third kappa shape index (κ3) is 6.48. The Balaban J connectivity index is 2.07. The van der Waals surface area contributed by atoms with E-state index >= 15 is 0 Å². The maximum atomic E-state index is 12.0. The molecule has 2 rings (SSSR count). The summed E-state index contributed by atoms with van der Waals surface area (Å²) in [5, 5.41) is 12.4. The van der Waals surface area contributed by atoms with Gasteiger partial charge in [0.05, 0.1) is 17.6 Å². The minimum Gasteiger partial charge on any atom is -0.444 e. The highest BCUT2D eigenvalue weighted by Crippen LogP contribution is 2.27. The number of ether oxygens (including phenoxy) is 1. The molecule has 7 nitrogen and oxygen atoms in total. The first kappa shape index (κ1) is 20.6. The predicted molar refractivity (Wildman–Crippen MR) is 108 cm³/mol. The molecule has 1 aromatic rings. The normalized spacial score (nSPS) is 17.5. The summed E-state index contributed by atoms with van der Waals surface area (Å²) in [6.45, 7) is 7.12. The number of benzene rings is 1. The fourth-order valence-electron chi connectivity index (χ4n) is 2.90. The molecule has 1 aliphatic rings. The molecular weight excluding hydrogens is 342 g/mol. The van der Waals surface area contributed by atoms with Crippen molar-refractivity contribution in [2.75, 3.05) is 32.1 Å². The van der Waals surface area contributed by atoms with Gasteiger partial charge in [-0.3, -0.25) is 0 Å². The Kier molecular flexibility index (Phi) is 6.67.